The molecule has 0 aliphatic heterocycles. The van der Waals surface area contributed by atoms with E-state index in [0.29, 0.717) is 23.1 Å². The number of ether oxygens (including phenoxy) is 3. The minimum absolute atomic E-state index is 0.0610. The summed E-state index contributed by atoms with van der Waals surface area (Å²) in [6, 6.07) is 14.0. The molecule has 24 heavy (non-hydrogen) atoms. The van der Waals surface area contributed by atoms with Crippen molar-refractivity contribution in [3.05, 3.63) is 53.6 Å². The molecule has 0 bridgehead atoms. The second-order valence-electron chi connectivity index (χ2n) is 5.20. The van der Waals surface area contributed by atoms with E-state index < -0.39 is 0 Å². The van der Waals surface area contributed by atoms with Crippen molar-refractivity contribution in [2.45, 2.75) is 13.0 Å². The van der Waals surface area contributed by atoms with Gasteiger partial charge < -0.3 is 19.5 Å². The summed E-state index contributed by atoms with van der Waals surface area (Å²) in [5.41, 5.74) is 0. The maximum atomic E-state index is 11.9. The first-order valence-corrected chi connectivity index (χ1v) is 7.89. The summed E-state index contributed by atoms with van der Waals surface area (Å²) in [6.45, 7) is 2.16. The predicted octanol–water partition coefficient (Wildman–Crippen LogP) is 3.31. The fraction of sp³-hybridized carbons (Fsp3) is 0.278. The first-order chi connectivity index (χ1) is 11.6. The highest BCUT2D eigenvalue weighted by atomic mass is 35.5. The molecule has 6 heteroatoms. The number of nitrogens with one attached hydrogen (secondary N) is 1. The van der Waals surface area contributed by atoms with Gasteiger partial charge in [0.15, 0.2) is 6.61 Å². The van der Waals surface area contributed by atoms with Gasteiger partial charge in [-0.05, 0) is 55.5 Å². The molecule has 0 aliphatic rings. The topological polar surface area (TPSA) is 56.8 Å². The Morgan fingerprint density at radius 3 is 2.17 bits per heavy atom. The van der Waals surface area contributed by atoms with E-state index in [4.69, 9.17) is 25.8 Å². The number of halogens is 1. The smallest absolute Gasteiger partial charge is 0.258 e. The molecule has 0 aliphatic carbocycles. The maximum absolute atomic E-state index is 11.9. The molecule has 5 nitrogen and oxygen atoms in total. The minimum atomic E-state index is -0.212. The van der Waals surface area contributed by atoms with E-state index >= 15 is 0 Å². The number of hydrogen-bond donors (Lipinski definition) is 1. The van der Waals surface area contributed by atoms with Crippen molar-refractivity contribution in [1.29, 1.82) is 0 Å². The Hall–Kier alpha value is -2.40. The molecular weight excluding hydrogens is 330 g/mol. The first kappa shape index (κ1) is 17.9. The number of methoxy groups -OCH3 is 1. The average molecular weight is 350 g/mol. The van der Waals surface area contributed by atoms with Gasteiger partial charge in [0.2, 0.25) is 0 Å². The summed E-state index contributed by atoms with van der Waals surface area (Å²) in [4.78, 5) is 11.9. The van der Waals surface area contributed by atoms with Gasteiger partial charge in [0.05, 0.1) is 13.2 Å². The standard InChI is InChI=1S/C18H20ClNO4/c1-13(11-23-17-9-7-15(22-2)8-10-17)20-18(21)12-24-16-5-3-14(19)4-6-16/h3-10,13H,11-12H2,1-2H3,(H,20,21). The van der Waals surface area contributed by atoms with Gasteiger partial charge in [0.1, 0.15) is 23.9 Å². The van der Waals surface area contributed by atoms with Crippen LogP contribution < -0.4 is 19.5 Å². The van der Waals surface area contributed by atoms with E-state index in [-0.39, 0.29) is 18.6 Å². The van der Waals surface area contributed by atoms with E-state index in [1.54, 1.807) is 31.4 Å². The van der Waals surface area contributed by atoms with Gasteiger partial charge in [-0.15, -0.1) is 0 Å². The summed E-state index contributed by atoms with van der Waals surface area (Å²) >= 11 is 5.79. The average Bonchev–Trinajstić information content (AvgIpc) is 2.60. The highest BCUT2D eigenvalue weighted by Crippen LogP contribution is 2.17. The molecule has 2 rings (SSSR count). The third-order valence-corrected chi connectivity index (χ3v) is 3.40. The van der Waals surface area contributed by atoms with Gasteiger partial charge in [-0.3, -0.25) is 4.79 Å². The quantitative estimate of drug-likeness (QED) is 0.794. The van der Waals surface area contributed by atoms with Crippen LogP contribution in [0.15, 0.2) is 48.5 Å². The van der Waals surface area contributed by atoms with Crippen LogP contribution in [0.2, 0.25) is 5.02 Å². The van der Waals surface area contributed by atoms with E-state index in [1.807, 2.05) is 31.2 Å². The van der Waals surface area contributed by atoms with Gasteiger partial charge in [-0.2, -0.15) is 0 Å². The molecule has 0 saturated carbocycles. The Bertz CT molecular complexity index is 643. The summed E-state index contributed by atoms with van der Waals surface area (Å²) in [5.74, 6) is 1.87. The van der Waals surface area contributed by atoms with Crippen molar-refractivity contribution in [3.63, 3.8) is 0 Å². The van der Waals surface area contributed by atoms with Gasteiger partial charge in [-0.25, -0.2) is 0 Å². The third-order valence-electron chi connectivity index (χ3n) is 3.15. The van der Waals surface area contributed by atoms with Crippen molar-refractivity contribution in [2.75, 3.05) is 20.3 Å². The zero-order valence-corrected chi connectivity index (χ0v) is 14.4. The van der Waals surface area contributed by atoms with E-state index in [0.717, 1.165) is 5.75 Å². The molecule has 1 unspecified atom stereocenters. The van der Waals surface area contributed by atoms with Crippen LogP contribution in [0.25, 0.3) is 0 Å². The van der Waals surface area contributed by atoms with Crippen LogP contribution in [-0.2, 0) is 4.79 Å². The summed E-state index contributed by atoms with van der Waals surface area (Å²) in [6.07, 6.45) is 0. The van der Waals surface area contributed by atoms with E-state index in [1.165, 1.54) is 0 Å². The van der Waals surface area contributed by atoms with Gasteiger partial charge in [-0.1, -0.05) is 11.6 Å². The Balaban J connectivity index is 1.69. The second kappa shape index (κ2) is 9.03. The number of hydrogen-bond acceptors (Lipinski definition) is 4. The maximum Gasteiger partial charge on any atom is 0.258 e. The van der Waals surface area contributed by atoms with Crippen molar-refractivity contribution in [3.8, 4) is 17.2 Å². The van der Waals surface area contributed by atoms with Crippen molar-refractivity contribution in [1.82, 2.24) is 5.32 Å². The molecule has 1 amide bonds. The van der Waals surface area contributed by atoms with Crippen molar-refractivity contribution in [2.24, 2.45) is 0 Å². The van der Waals surface area contributed by atoms with Crippen LogP contribution in [0.3, 0.4) is 0 Å². The molecule has 1 atom stereocenters. The van der Waals surface area contributed by atoms with E-state index in [9.17, 15) is 4.79 Å². The molecule has 0 fully saturated rings. The monoisotopic (exact) mass is 349 g/mol. The molecule has 2 aromatic carbocycles. The Kier molecular flexibility index (Phi) is 6.75. The molecule has 0 radical (unpaired) electrons. The lowest BCUT2D eigenvalue weighted by Gasteiger charge is -2.15. The number of carbonyl (C=O) groups excluding carboxylic acids is 1. The van der Waals surface area contributed by atoms with Crippen LogP contribution in [0.5, 0.6) is 17.2 Å². The summed E-state index contributed by atoms with van der Waals surface area (Å²) in [5, 5.41) is 3.44. The Labute approximate surface area is 146 Å². The zero-order valence-electron chi connectivity index (χ0n) is 13.6. The lowest BCUT2D eigenvalue weighted by Crippen LogP contribution is -2.39. The molecule has 0 spiro atoms. The number of carbonyl (C=O) groups is 1. The van der Waals surface area contributed by atoms with Crippen molar-refractivity contribution >= 4 is 17.5 Å². The lowest BCUT2D eigenvalue weighted by atomic mass is 10.3. The summed E-state index contributed by atoms with van der Waals surface area (Å²) in [7, 11) is 1.61. The highest BCUT2D eigenvalue weighted by Gasteiger charge is 2.09. The van der Waals surface area contributed by atoms with Gasteiger partial charge in [0, 0.05) is 5.02 Å². The lowest BCUT2D eigenvalue weighted by molar-refractivity contribution is -0.123. The molecule has 128 valence electrons. The third kappa shape index (κ3) is 6.01. The fourth-order valence-electron chi connectivity index (χ4n) is 1.93. The highest BCUT2D eigenvalue weighted by molar-refractivity contribution is 6.30. The molecule has 1 N–H and O–H groups in total. The number of rotatable bonds is 8. The SMILES string of the molecule is COc1ccc(OCC(C)NC(=O)COc2ccc(Cl)cc2)cc1. The van der Waals surface area contributed by atoms with Crippen LogP contribution in [0.4, 0.5) is 0 Å². The van der Waals surface area contributed by atoms with Crippen LogP contribution in [0.1, 0.15) is 6.92 Å². The largest absolute Gasteiger partial charge is 0.497 e. The molecule has 2 aromatic rings. The fourth-order valence-corrected chi connectivity index (χ4v) is 2.06. The molecule has 0 saturated heterocycles. The van der Waals surface area contributed by atoms with E-state index in [2.05, 4.69) is 5.32 Å². The van der Waals surface area contributed by atoms with Gasteiger partial charge >= 0.3 is 0 Å². The molecule has 0 aromatic heterocycles. The number of benzene rings is 2. The van der Waals surface area contributed by atoms with Crippen molar-refractivity contribution < 1.29 is 19.0 Å². The van der Waals surface area contributed by atoms with Crippen LogP contribution in [-0.4, -0.2) is 32.3 Å². The number of amides is 1. The van der Waals surface area contributed by atoms with Gasteiger partial charge in [0.25, 0.3) is 5.91 Å². The molecule has 0 heterocycles. The zero-order chi connectivity index (χ0) is 17.4. The second-order valence-corrected chi connectivity index (χ2v) is 5.63. The predicted molar refractivity (Wildman–Crippen MR) is 93.0 cm³/mol. The Morgan fingerprint density at radius 2 is 1.54 bits per heavy atom. The first-order valence-electron chi connectivity index (χ1n) is 7.51. The van der Waals surface area contributed by atoms with Crippen LogP contribution in [0, 0.1) is 0 Å². The summed E-state index contributed by atoms with van der Waals surface area (Å²) < 4.78 is 16.1. The van der Waals surface area contributed by atoms with Crippen LogP contribution >= 0.6 is 11.6 Å². The normalized spacial score (nSPS) is 11.5. The Morgan fingerprint density at radius 1 is 1.00 bits per heavy atom. The molecular formula is C18H20ClNO4. The minimum Gasteiger partial charge on any atom is -0.497 e.